The molecule has 1 aliphatic carbocycles. The second kappa shape index (κ2) is 3.24. The highest BCUT2D eigenvalue weighted by Crippen LogP contribution is 2.31. The molecule has 2 unspecified atom stereocenters. The molecule has 0 aromatic rings. The molecule has 0 aromatic carbocycles. The molecule has 1 fully saturated rings. The standard InChI is InChI=1S/C9H17NO/c1-7-5-4-6-8(7)9(11)10(2)3/h7-8H,4-6H2,1-3H3. The lowest BCUT2D eigenvalue weighted by Crippen LogP contribution is -2.30. The highest BCUT2D eigenvalue weighted by Gasteiger charge is 2.30. The molecule has 2 nitrogen and oxygen atoms in total. The maximum atomic E-state index is 11.5. The summed E-state index contributed by atoms with van der Waals surface area (Å²) in [5.74, 6) is 1.23. The van der Waals surface area contributed by atoms with Crippen LogP contribution in [-0.4, -0.2) is 24.9 Å². The molecule has 64 valence electrons. The van der Waals surface area contributed by atoms with Crippen LogP contribution in [0.2, 0.25) is 0 Å². The molecule has 2 heteroatoms. The third-order valence-electron chi connectivity index (χ3n) is 2.62. The van der Waals surface area contributed by atoms with Crippen molar-refractivity contribution in [2.24, 2.45) is 11.8 Å². The van der Waals surface area contributed by atoms with E-state index in [0.29, 0.717) is 17.7 Å². The van der Waals surface area contributed by atoms with Crippen LogP contribution in [0.3, 0.4) is 0 Å². The van der Waals surface area contributed by atoms with E-state index in [0.717, 1.165) is 6.42 Å². The minimum atomic E-state index is 0.310. The highest BCUT2D eigenvalue weighted by atomic mass is 16.2. The molecule has 0 saturated heterocycles. The molecule has 0 aromatic heterocycles. The predicted molar refractivity (Wildman–Crippen MR) is 45.2 cm³/mol. The van der Waals surface area contributed by atoms with Crippen molar-refractivity contribution >= 4 is 5.91 Å². The Labute approximate surface area is 68.6 Å². The van der Waals surface area contributed by atoms with Gasteiger partial charge in [0.15, 0.2) is 0 Å². The van der Waals surface area contributed by atoms with Gasteiger partial charge in [0, 0.05) is 20.0 Å². The zero-order chi connectivity index (χ0) is 8.43. The van der Waals surface area contributed by atoms with Crippen LogP contribution in [0.4, 0.5) is 0 Å². The molecule has 1 saturated carbocycles. The molecule has 2 atom stereocenters. The topological polar surface area (TPSA) is 20.3 Å². The molecular formula is C9H17NO. The summed E-state index contributed by atoms with van der Waals surface area (Å²) in [4.78, 5) is 13.2. The van der Waals surface area contributed by atoms with E-state index in [4.69, 9.17) is 0 Å². The van der Waals surface area contributed by atoms with Gasteiger partial charge in [0.1, 0.15) is 0 Å². The van der Waals surface area contributed by atoms with Crippen LogP contribution in [0.5, 0.6) is 0 Å². The van der Waals surface area contributed by atoms with Gasteiger partial charge in [0.2, 0.25) is 5.91 Å². The fraction of sp³-hybridized carbons (Fsp3) is 0.889. The van der Waals surface area contributed by atoms with Gasteiger partial charge in [-0.05, 0) is 18.8 Å². The second-order valence-electron chi connectivity index (χ2n) is 3.75. The lowest BCUT2D eigenvalue weighted by atomic mass is 9.97. The third kappa shape index (κ3) is 1.73. The van der Waals surface area contributed by atoms with Crippen LogP contribution >= 0.6 is 0 Å². The minimum absolute atomic E-state index is 0.310. The van der Waals surface area contributed by atoms with Crippen molar-refractivity contribution in [3.8, 4) is 0 Å². The number of nitrogens with zero attached hydrogens (tertiary/aromatic N) is 1. The highest BCUT2D eigenvalue weighted by molar-refractivity contribution is 5.78. The van der Waals surface area contributed by atoms with E-state index in [1.165, 1.54) is 12.8 Å². The molecule has 0 bridgehead atoms. The minimum Gasteiger partial charge on any atom is -0.349 e. The van der Waals surface area contributed by atoms with Crippen molar-refractivity contribution < 1.29 is 4.79 Å². The van der Waals surface area contributed by atoms with Crippen LogP contribution in [0.25, 0.3) is 0 Å². The number of rotatable bonds is 1. The SMILES string of the molecule is CC1CCCC1C(=O)N(C)C. The molecule has 1 amide bonds. The zero-order valence-corrected chi connectivity index (χ0v) is 7.63. The van der Waals surface area contributed by atoms with Gasteiger partial charge >= 0.3 is 0 Å². The summed E-state index contributed by atoms with van der Waals surface area (Å²) in [7, 11) is 3.68. The van der Waals surface area contributed by atoms with Crippen LogP contribution in [0.15, 0.2) is 0 Å². The fourth-order valence-electron chi connectivity index (χ4n) is 1.84. The largest absolute Gasteiger partial charge is 0.349 e. The van der Waals surface area contributed by atoms with Gasteiger partial charge in [-0.25, -0.2) is 0 Å². The lowest BCUT2D eigenvalue weighted by molar-refractivity contribution is -0.133. The van der Waals surface area contributed by atoms with Gasteiger partial charge in [-0.15, -0.1) is 0 Å². The smallest absolute Gasteiger partial charge is 0.225 e. The maximum absolute atomic E-state index is 11.5. The van der Waals surface area contributed by atoms with Gasteiger partial charge in [0.25, 0.3) is 0 Å². The average Bonchev–Trinajstić information content (AvgIpc) is 2.33. The first-order valence-electron chi connectivity index (χ1n) is 4.34. The van der Waals surface area contributed by atoms with Crippen LogP contribution < -0.4 is 0 Å². The number of hydrogen-bond acceptors (Lipinski definition) is 1. The molecule has 0 N–H and O–H groups in total. The van der Waals surface area contributed by atoms with E-state index >= 15 is 0 Å². The Morgan fingerprint density at radius 3 is 2.36 bits per heavy atom. The van der Waals surface area contributed by atoms with Crippen LogP contribution in [0.1, 0.15) is 26.2 Å². The summed E-state index contributed by atoms with van der Waals surface area (Å²) < 4.78 is 0. The third-order valence-corrected chi connectivity index (χ3v) is 2.62. The molecule has 11 heavy (non-hydrogen) atoms. The fourth-order valence-corrected chi connectivity index (χ4v) is 1.84. The normalized spacial score (nSPS) is 30.5. The Hall–Kier alpha value is -0.530. The van der Waals surface area contributed by atoms with Gasteiger partial charge in [-0.3, -0.25) is 4.79 Å². The van der Waals surface area contributed by atoms with Crippen molar-refractivity contribution in [2.45, 2.75) is 26.2 Å². The Morgan fingerprint density at radius 2 is 2.00 bits per heavy atom. The van der Waals surface area contributed by atoms with E-state index < -0.39 is 0 Å². The van der Waals surface area contributed by atoms with E-state index in [-0.39, 0.29) is 0 Å². The molecule has 1 rings (SSSR count). The summed E-state index contributed by atoms with van der Waals surface area (Å²) in [6.45, 7) is 2.18. The van der Waals surface area contributed by atoms with Gasteiger partial charge in [0.05, 0.1) is 0 Å². The Kier molecular flexibility index (Phi) is 2.53. The summed E-state index contributed by atoms with van der Waals surface area (Å²) in [5.41, 5.74) is 0. The number of carbonyl (C=O) groups excluding carboxylic acids is 1. The van der Waals surface area contributed by atoms with Crippen molar-refractivity contribution in [3.63, 3.8) is 0 Å². The van der Waals surface area contributed by atoms with Gasteiger partial charge < -0.3 is 4.90 Å². The first-order valence-corrected chi connectivity index (χ1v) is 4.34. The van der Waals surface area contributed by atoms with E-state index in [1.54, 1.807) is 4.90 Å². The van der Waals surface area contributed by atoms with Crippen LogP contribution in [-0.2, 0) is 4.79 Å². The van der Waals surface area contributed by atoms with E-state index in [1.807, 2.05) is 14.1 Å². The molecule has 0 heterocycles. The van der Waals surface area contributed by atoms with E-state index in [2.05, 4.69) is 6.92 Å². The van der Waals surface area contributed by atoms with Crippen molar-refractivity contribution in [3.05, 3.63) is 0 Å². The zero-order valence-electron chi connectivity index (χ0n) is 7.63. The van der Waals surface area contributed by atoms with Crippen molar-refractivity contribution in [1.82, 2.24) is 4.90 Å². The Balaban J connectivity index is 2.53. The van der Waals surface area contributed by atoms with E-state index in [9.17, 15) is 4.79 Å². The summed E-state index contributed by atoms with van der Waals surface area (Å²) in [5, 5.41) is 0. The second-order valence-corrected chi connectivity index (χ2v) is 3.75. The molecule has 0 radical (unpaired) electrons. The molecule has 0 aliphatic heterocycles. The number of amides is 1. The summed E-state index contributed by atoms with van der Waals surface area (Å²) in [6, 6.07) is 0. The molecular weight excluding hydrogens is 138 g/mol. The molecule has 0 spiro atoms. The Bertz CT molecular complexity index is 154. The first kappa shape index (κ1) is 8.57. The first-order chi connectivity index (χ1) is 5.13. The lowest BCUT2D eigenvalue weighted by Gasteiger charge is -2.19. The number of hydrogen-bond donors (Lipinski definition) is 0. The average molecular weight is 155 g/mol. The van der Waals surface area contributed by atoms with Gasteiger partial charge in [-0.1, -0.05) is 13.3 Å². The monoisotopic (exact) mass is 155 g/mol. The van der Waals surface area contributed by atoms with Crippen molar-refractivity contribution in [2.75, 3.05) is 14.1 Å². The van der Waals surface area contributed by atoms with Gasteiger partial charge in [-0.2, -0.15) is 0 Å². The summed E-state index contributed by atoms with van der Waals surface area (Å²) in [6.07, 6.45) is 3.55. The van der Waals surface area contributed by atoms with Crippen LogP contribution in [0, 0.1) is 11.8 Å². The maximum Gasteiger partial charge on any atom is 0.225 e. The molecule has 1 aliphatic rings. The predicted octanol–water partition coefficient (Wildman–Crippen LogP) is 1.51. The quantitative estimate of drug-likeness (QED) is 0.562. The van der Waals surface area contributed by atoms with Crippen molar-refractivity contribution in [1.29, 1.82) is 0 Å². The summed E-state index contributed by atoms with van der Waals surface area (Å²) >= 11 is 0. The Morgan fingerprint density at radius 1 is 1.36 bits per heavy atom. The number of carbonyl (C=O) groups is 1.